The first kappa shape index (κ1) is 17.7. The van der Waals surface area contributed by atoms with Gasteiger partial charge in [-0.2, -0.15) is 0 Å². The van der Waals surface area contributed by atoms with Crippen LogP contribution < -0.4 is 10.2 Å². The summed E-state index contributed by atoms with van der Waals surface area (Å²) in [6.07, 6.45) is 3.58. The summed E-state index contributed by atoms with van der Waals surface area (Å²) in [6.45, 7) is 7.25. The lowest BCUT2D eigenvalue weighted by atomic mass is 10.2. The number of hydrogen-bond acceptors (Lipinski definition) is 4. The molecule has 0 spiro atoms. The molecule has 1 aliphatic heterocycles. The summed E-state index contributed by atoms with van der Waals surface area (Å²) in [5.41, 5.74) is 1.20. The van der Waals surface area contributed by atoms with Gasteiger partial charge in [-0.3, -0.25) is 0 Å². The Morgan fingerprint density at radius 3 is 2.44 bits per heavy atom. The zero-order valence-electron chi connectivity index (χ0n) is 14.4. The van der Waals surface area contributed by atoms with Gasteiger partial charge in [0.15, 0.2) is 5.96 Å². The largest absolute Gasteiger partial charge is 0.357 e. The molecule has 1 aromatic carbocycles. The zero-order chi connectivity index (χ0) is 17.5. The van der Waals surface area contributed by atoms with Crippen LogP contribution in [0.2, 0.25) is 0 Å². The third-order valence-corrected chi connectivity index (χ3v) is 4.60. The van der Waals surface area contributed by atoms with Gasteiger partial charge in [0, 0.05) is 49.6 Å². The first-order valence-corrected chi connectivity index (χ1v) is 9.35. The summed E-state index contributed by atoms with van der Waals surface area (Å²) in [5, 5.41) is 3.41. The molecule has 3 rings (SSSR count). The Morgan fingerprint density at radius 1 is 1.12 bits per heavy atom. The summed E-state index contributed by atoms with van der Waals surface area (Å²) >= 11 is 3.47. The number of piperazine rings is 1. The number of halogens is 1. The second-order valence-corrected chi connectivity index (χ2v) is 6.74. The van der Waals surface area contributed by atoms with Crippen LogP contribution >= 0.6 is 15.9 Å². The van der Waals surface area contributed by atoms with Gasteiger partial charge in [-0.1, -0.05) is 28.1 Å². The maximum Gasteiger partial charge on any atom is 0.225 e. The first-order chi connectivity index (χ1) is 12.3. The fourth-order valence-electron chi connectivity index (χ4n) is 2.75. The van der Waals surface area contributed by atoms with Crippen LogP contribution in [0.4, 0.5) is 5.95 Å². The highest BCUT2D eigenvalue weighted by Crippen LogP contribution is 2.12. The van der Waals surface area contributed by atoms with Crippen LogP contribution in [0, 0.1) is 0 Å². The average Bonchev–Trinajstić information content (AvgIpc) is 2.67. The van der Waals surface area contributed by atoms with Crippen molar-refractivity contribution in [2.45, 2.75) is 13.5 Å². The van der Waals surface area contributed by atoms with Crippen LogP contribution in [0.3, 0.4) is 0 Å². The summed E-state index contributed by atoms with van der Waals surface area (Å²) in [4.78, 5) is 18.0. The van der Waals surface area contributed by atoms with Crippen LogP contribution in [0.5, 0.6) is 0 Å². The molecule has 0 amide bonds. The second kappa shape index (κ2) is 8.80. The Hall–Kier alpha value is -2.15. The Balaban J connectivity index is 1.61. The highest BCUT2D eigenvalue weighted by Gasteiger charge is 2.20. The van der Waals surface area contributed by atoms with Crippen molar-refractivity contribution in [1.29, 1.82) is 0 Å². The molecular weight excluding hydrogens is 380 g/mol. The predicted octanol–water partition coefficient (Wildman–Crippen LogP) is 2.53. The quantitative estimate of drug-likeness (QED) is 0.628. The number of nitrogens with one attached hydrogen (secondary N) is 1. The lowest BCUT2D eigenvalue weighted by Crippen LogP contribution is -2.52. The summed E-state index contributed by atoms with van der Waals surface area (Å²) in [7, 11) is 0. The normalized spacial score (nSPS) is 15.4. The number of benzene rings is 1. The van der Waals surface area contributed by atoms with E-state index < -0.39 is 0 Å². The van der Waals surface area contributed by atoms with Crippen molar-refractivity contribution < 1.29 is 0 Å². The molecular formula is C18H23BrN6. The van der Waals surface area contributed by atoms with Crippen molar-refractivity contribution in [3.8, 4) is 0 Å². The van der Waals surface area contributed by atoms with Crippen molar-refractivity contribution in [3.63, 3.8) is 0 Å². The van der Waals surface area contributed by atoms with Gasteiger partial charge in [-0.25, -0.2) is 15.0 Å². The van der Waals surface area contributed by atoms with Crippen molar-refractivity contribution >= 4 is 27.8 Å². The topological polar surface area (TPSA) is 56.7 Å². The minimum Gasteiger partial charge on any atom is -0.357 e. The molecule has 0 radical (unpaired) electrons. The Labute approximate surface area is 157 Å². The lowest BCUT2D eigenvalue weighted by molar-refractivity contribution is 0.370. The van der Waals surface area contributed by atoms with Gasteiger partial charge < -0.3 is 15.1 Å². The van der Waals surface area contributed by atoms with E-state index >= 15 is 0 Å². The smallest absolute Gasteiger partial charge is 0.225 e. The molecule has 1 fully saturated rings. The monoisotopic (exact) mass is 402 g/mol. The van der Waals surface area contributed by atoms with Crippen LogP contribution in [0.1, 0.15) is 12.5 Å². The van der Waals surface area contributed by atoms with E-state index in [0.717, 1.165) is 49.1 Å². The van der Waals surface area contributed by atoms with Gasteiger partial charge in [0.05, 0.1) is 6.54 Å². The van der Waals surface area contributed by atoms with E-state index in [-0.39, 0.29) is 0 Å². The molecule has 132 valence electrons. The highest BCUT2D eigenvalue weighted by molar-refractivity contribution is 9.10. The van der Waals surface area contributed by atoms with Gasteiger partial charge in [0.2, 0.25) is 5.95 Å². The Morgan fingerprint density at radius 2 is 1.80 bits per heavy atom. The third-order valence-electron chi connectivity index (χ3n) is 4.07. The van der Waals surface area contributed by atoms with Crippen molar-refractivity contribution in [2.75, 3.05) is 37.6 Å². The minimum atomic E-state index is 0.678. The molecule has 0 aliphatic carbocycles. The van der Waals surface area contributed by atoms with E-state index in [9.17, 15) is 0 Å². The fourth-order valence-corrected chi connectivity index (χ4v) is 3.02. The zero-order valence-corrected chi connectivity index (χ0v) is 16.0. The van der Waals surface area contributed by atoms with E-state index in [0.29, 0.717) is 6.54 Å². The minimum absolute atomic E-state index is 0.678. The number of aromatic nitrogens is 2. The van der Waals surface area contributed by atoms with E-state index in [1.165, 1.54) is 5.56 Å². The van der Waals surface area contributed by atoms with Crippen molar-refractivity contribution in [3.05, 3.63) is 52.8 Å². The second-order valence-electron chi connectivity index (χ2n) is 5.82. The number of hydrogen-bond donors (Lipinski definition) is 1. The molecule has 1 aromatic heterocycles. The number of nitrogens with zero attached hydrogens (tertiary/aromatic N) is 5. The molecule has 0 unspecified atom stereocenters. The van der Waals surface area contributed by atoms with E-state index in [1.807, 2.05) is 6.07 Å². The maximum absolute atomic E-state index is 4.80. The van der Waals surface area contributed by atoms with Gasteiger partial charge in [-0.05, 0) is 30.7 Å². The summed E-state index contributed by atoms with van der Waals surface area (Å²) < 4.78 is 1.09. The van der Waals surface area contributed by atoms with Crippen molar-refractivity contribution in [2.24, 2.45) is 4.99 Å². The number of anilines is 1. The molecule has 2 heterocycles. The third kappa shape index (κ3) is 4.92. The molecule has 0 saturated carbocycles. The van der Waals surface area contributed by atoms with E-state index in [1.54, 1.807) is 12.4 Å². The summed E-state index contributed by atoms with van der Waals surface area (Å²) in [5.74, 6) is 1.78. The summed E-state index contributed by atoms with van der Waals surface area (Å²) in [6, 6.07) is 10.1. The molecule has 7 heteroatoms. The molecule has 6 nitrogen and oxygen atoms in total. The maximum atomic E-state index is 4.80. The predicted molar refractivity (Wildman–Crippen MR) is 105 cm³/mol. The highest BCUT2D eigenvalue weighted by atomic mass is 79.9. The van der Waals surface area contributed by atoms with E-state index in [4.69, 9.17) is 4.99 Å². The molecule has 0 bridgehead atoms. The Bertz CT molecular complexity index is 680. The SMILES string of the molecule is CCNC(=NCc1ccc(Br)cc1)N1CCN(c2ncccn2)CC1. The van der Waals surface area contributed by atoms with Gasteiger partial charge >= 0.3 is 0 Å². The molecule has 0 atom stereocenters. The van der Waals surface area contributed by atoms with Gasteiger partial charge in [0.1, 0.15) is 0 Å². The standard InChI is InChI=1S/C18H23BrN6/c1-2-20-17(23-14-15-4-6-16(19)7-5-15)24-10-12-25(13-11-24)18-21-8-3-9-22-18/h3-9H,2,10-14H2,1H3,(H,20,23). The lowest BCUT2D eigenvalue weighted by Gasteiger charge is -2.36. The first-order valence-electron chi connectivity index (χ1n) is 8.56. The van der Waals surface area contributed by atoms with E-state index in [2.05, 4.69) is 72.2 Å². The van der Waals surface area contributed by atoms with Gasteiger partial charge in [0.25, 0.3) is 0 Å². The van der Waals surface area contributed by atoms with Crippen LogP contribution in [0.25, 0.3) is 0 Å². The molecule has 2 aromatic rings. The number of guanidine groups is 1. The number of aliphatic imine (C=N–C) groups is 1. The number of rotatable bonds is 4. The van der Waals surface area contributed by atoms with Crippen LogP contribution in [-0.2, 0) is 6.54 Å². The molecule has 1 saturated heterocycles. The van der Waals surface area contributed by atoms with Crippen LogP contribution in [-0.4, -0.2) is 53.6 Å². The fraction of sp³-hybridized carbons (Fsp3) is 0.389. The van der Waals surface area contributed by atoms with Gasteiger partial charge in [-0.15, -0.1) is 0 Å². The molecule has 1 N–H and O–H groups in total. The van der Waals surface area contributed by atoms with Crippen LogP contribution in [0.15, 0.2) is 52.2 Å². The van der Waals surface area contributed by atoms with Crippen molar-refractivity contribution in [1.82, 2.24) is 20.2 Å². The molecule has 25 heavy (non-hydrogen) atoms. The Kier molecular flexibility index (Phi) is 6.22. The average molecular weight is 403 g/mol. The molecule has 1 aliphatic rings.